The first-order valence-corrected chi connectivity index (χ1v) is 11.2. The summed E-state index contributed by atoms with van der Waals surface area (Å²) in [5, 5.41) is 22.5. The molecule has 0 spiro atoms. The number of anilines is 2. The van der Waals surface area contributed by atoms with Crippen LogP contribution >= 0.6 is 27.5 Å². The van der Waals surface area contributed by atoms with Crippen LogP contribution in [0.1, 0.15) is 35.6 Å². The SMILES string of the molecule is N#Cc1ccc(N)cc1CCCCOc1ccccc1[C@@H](CO)Nc1nc(Cl)ncc1Br. The summed E-state index contributed by atoms with van der Waals surface area (Å²) in [4.78, 5) is 8.08. The van der Waals surface area contributed by atoms with Crippen LogP contribution < -0.4 is 15.8 Å². The first-order chi connectivity index (χ1) is 15.5. The molecule has 3 rings (SSSR count). The molecule has 166 valence electrons. The number of nitrogens with two attached hydrogens (primary N) is 1. The molecule has 1 heterocycles. The molecule has 0 amide bonds. The van der Waals surface area contributed by atoms with Gasteiger partial charge in [-0.1, -0.05) is 18.2 Å². The number of rotatable bonds is 10. The smallest absolute Gasteiger partial charge is 0.224 e. The molecule has 9 heteroatoms. The first kappa shape index (κ1) is 23.8. The quantitative estimate of drug-likeness (QED) is 0.199. The van der Waals surface area contributed by atoms with Gasteiger partial charge in [0.25, 0.3) is 0 Å². The second-order valence-corrected chi connectivity index (χ2v) is 8.28. The van der Waals surface area contributed by atoms with Crippen molar-refractivity contribution in [2.45, 2.75) is 25.3 Å². The van der Waals surface area contributed by atoms with Gasteiger partial charge in [-0.2, -0.15) is 10.2 Å². The van der Waals surface area contributed by atoms with E-state index in [9.17, 15) is 10.4 Å². The fourth-order valence-corrected chi connectivity index (χ4v) is 3.70. The molecule has 0 unspecified atom stereocenters. The van der Waals surface area contributed by atoms with Gasteiger partial charge in [0, 0.05) is 17.4 Å². The second-order valence-electron chi connectivity index (χ2n) is 7.09. The molecule has 1 aromatic heterocycles. The number of hydrogen-bond acceptors (Lipinski definition) is 7. The van der Waals surface area contributed by atoms with Gasteiger partial charge in [-0.3, -0.25) is 0 Å². The average Bonchev–Trinajstić information content (AvgIpc) is 2.80. The number of halogens is 2. The third-order valence-electron chi connectivity index (χ3n) is 4.85. The molecule has 3 aromatic rings. The van der Waals surface area contributed by atoms with Crippen molar-refractivity contribution in [2.24, 2.45) is 0 Å². The standard InChI is InChI=1S/C23H23BrClN5O2/c24-19-13-28-23(25)30-22(19)29-20(14-31)18-6-1-2-7-21(18)32-10-4-3-5-15-11-17(27)9-8-16(15)12-26/h1-2,6-9,11,13,20,31H,3-5,10,14,27H2,(H,28,29,30)/t20-/m1/s1. The number of aryl methyl sites for hydroxylation is 1. The Balaban J connectivity index is 1.61. The Bertz CT molecular complexity index is 1110. The Labute approximate surface area is 200 Å². The minimum Gasteiger partial charge on any atom is -0.493 e. The van der Waals surface area contributed by atoms with Crippen molar-refractivity contribution in [2.75, 3.05) is 24.3 Å². The lowest BCUT2D eigenvalue weighted by Gasteiger charge is -2.21. The topological polar surface area (TPSA) is 117 Å². The fraction of sp³-hybridized carbons (Fsp3) is 0.261. The normalized spacial score (nSPS) is 11.6. The number of nitrogen functional groups attached to an aromatic ring is 1. The van der Waals surface area contributed by atoms with E-state index in [0.29, 0.717) is 33.9 Å². The predicted octanol–water partition coefficient (Wildman–Crippen LogP) is 4.89. The Morgan fingerprint density at radius 1 is 1.25 bits per heavy atom. The highest BCUT2D eigenvalue weighted by atomic mass is 79.9. The highest BCUT2D eigenvalue weighted by Gasteiger charge is 2.17. The summed E-state index contributed by atoms with van der Waals surface area (Å²) in [7, 11) is 0. The molecule has 0 saturated heterocycles. The Kier molecular flexibility index (Phi) is 8.68. The third kappa shape index (κ3) is 6.33. The number of aliphatic hydroxyl groups excluding tert-OH is 1. The van der Waals surface area contributed by atoms with Crippen molar-refractivity contribution >= 4 is 39.0 Å². The number of ether oxygens (including phenoxy) is 1. The molecule has 0 radical (unpaired) electrons. The van der Waals surface area contributed by atoms with Gasteiger partial charge in [0.05, 0.1) is 35.4 Å². The molecular formula is C23H23BrClN5O2. The number of para-hydroxylation sites is 1. The van der Waals surface area contributed by atoms with E-state index in [1.165, 1.54) is 0 Å². The van der Waals surface area contributed by atoms with Crippen molar-refractivity contribution in [1.29, 1.82) is 5.26 Å². The summed E-state index contributed by atoms with van der Waals surface area (Å²) in [6.45, 7) is 0.337. The van der Waals surface area contributed by atoms with E-state index < -0.39 is 6.04 Å². The maximum Gasteiger partial charge on any atom is 0.224 e. The van der Waals surface area contributed by atoms with Crippen molar-refractivity contribution in [3.63, 3.8) is 0 Å². The van der Waals surface area contributed by atoms with Crippen LogP contribution in [0.5, 0.6) is 5.75 Å². The summed E-state index contributed by atoms with van der Waals surface area (Å²) in [5.41, 5.74) is 8.90. The van der Waals surface area contributed by atoms with E-state index in [1.54, 1.807) is 18.3 Å². The van der Waals surface area contributed by atoms with E-state index in [0.717, 1.165) is 30.4 Å². The predicted molar refractivity (Wildman–Crippen MR) is 129 cm³/mol. The van der Waals surface area contributed by atoms with Gasteiger partial charge >= 0.3 is 0 Å². The van der Waals surface area contributed by atoms with Crippen LogP contribution in [0.2, 0.25) is 5.28 Å². The molecule has 2 aromatic carbocycles. The zero-order valence-corrected chi connectivity index (χ0v) is 19.6. The van der Waals surface area contributed by atoms with Gasteiger partial charge in [-0.15, -0.1) is 0 Å². The molecule has 0 saturated carbocycles. The van der Waals surface area contributed by atoms with Gasteiger partial charge in [0.1, 0.15) is 11.6 Å². The number of aromatic nitrogens is 2. The molecular weight excluding hydrogens is 494 g/mol. The van der Waals surface area contributed by atoms with Crippen LogP contribution in [-0.2, 0) is 6.42 Å². The summed E-state index contributed by atoms with van der Waals surface area (Å²) in [5.74, 6) is 1.16. The third-order valence-corrected chi connectivity index (χ3v) is 5.61. The lowest BCUT2D eigenvalue weighted by Crippen LogP contribution is -2.17. The Hall–Kier alpha value is -2.86. The molecule has 32 heavy (non-hydrogen) atoms. The summed E-state index contributed by atoms with van der Waals surface area (Å²) >= 11 is 9.28. The molecule has 7 nitrogen and oxygen atoms in total. The van der Waals surface area contributed by atoms with Gasteiger partial charge < -0.3 is 20.9 Å². The molecule has 0 aliphatic carbocycles. The van der Waals surface area contributed by atoms with Gasteiger partial charge in [0.15, 0.2) is 0 Å². The molecule has 1 atom stereocenters. The summed E-state index contributed by atoms with van der Waals surface area (Å²) in [6, 6.07) is 14.6. The number of aliphatic hydroxyl groups is 1. The van der Waals surface area contributed by atoms with Crippen LogP contribution in [-0.4, -0.2) is 28.3 Å². The lowest BCUT2D eigenvalue weighted by atomic mass is 10.0. The fourth-order valence-electron chi connectivity index (χ4n) is 3.26. The molecule has 0 aliphatic rings. The molecule has 0 aliphatic heterocycles. The van der Waals surface area contributed by atoms with Crippen molar-refractivity contribution < 1.29 is 9.84 Å². The Morgan fingerprint density at radius 3 is 2.84 bits per heavy atom. The highest BCUT2D eigenvalue weighted by Crippen LogP contribution is 2.30. The number of hydrogen-bond donors (Lipinski definition) is 3. The van der Waals surface area contributed by atoms with Crippen molar-refractivity contribution in [3.05, 3.63) is 75.1 Å². The summed E-state index contributed by atoms with van der Waals surface area (Å²) < 4.78 is 6.65. The van der Waals surface area contributed by atoms with Crippen LogP contribution in [0.25, 0.3) is 0 Å². The second kappa shape index (κ2) is 11.7. The van der Waals surface area contributed by atoms with E-state index in [1.807, 2.05) is 30.3 Å². The minimum atomic E-state index is -0.445. The van der Waals surface area contributed by atoms with E-state index in [4.69, 9.17) is 22.1 Å². The van der Waals surface area contributed by atoms with Crippen molar-refractivity contribution in [3.8, 4) is 11.8 Å². The van der Waals surface area contributed by atoms with Crippen LogP contribution in [0.3, 0.4) is 0 Å². The van der Waals surface area contributed by atoms with Crippen LogP contribution in [0, 0.1) is 11.3 Å². The van der Waals surface area contributed by atoms with Crippen LogP contribution in [0.15, 0.2) is 53.1 Å². The number of benzene rings is 2. The first-order valence-electron chi connectivity index (χ1n) is 10.1. The number of nitrogens with zero attached hydrogens (tertiary/aromatic N) is 3. The maximum absolute atomic E-state index is 9.99. The average molecular weight is 517 g/mol. The molecule has 4 N–H and O–H groups in total. The van der Waals surface area contributed by atoms with E-state index >= 15 is 0 Å². The van der Waals surface area contributed by atoms with Gasteiger partial charge in [0.2, 0.25) is 5.28 Å². The minimum absolute atomic E-state index is 0.108. The van der Waals surface area contributed by atoms with Crippen molar-refractivity contribution in [1.82, 2.24) is 9.97 Å². The Morgan fingerprint density at radius 2 is 2.06 bits per heavy atom. The maximum atomic E-state index is 9.99. The monoisotopic (exact) mass is 515 g/mol. The van der Waals surface area contributed by atoms with Gasteiger partial charge in [-0.25, -0.2) is 4.98 Å². The largest absolute Gasteiger partial charge is 0.493 e. The number of nitrogens with one attached hydrogen (secondary N) is 1. The zero-order chi connectivity index (χ0) is 22.9. The highest BCUT2D eigenvalue weighted by molar-refractivity contribution is 9.10. The van der Waals surface area contributed by atoms with E-state index in [-0.39, 0.29) is 11.9 Å². The number of unbranched alkanes of at least 4 members (excludes halogenated alkanes) is 1. The van der Waals surface area contributed by atoms with E-state index in [2.05, 4.69) is 37.3 Å². The zero-order valence-electron chi connectivity index (χ0n) is 17.3. The number of nitriles is 1. The molecule has 0 bridgehead atoms. The molecule has 0 fully saturated rings. The van der Waals surface area contributed by atoms with Gasteiger partial charge in [-0.05, 0) is 76.6 Å². The summed E-state index contributed by atoms with van der Waals surface area (Å²) in [6.07, 6.45) is 3.96. The van der Waals surface area contributed by atoms with Crippen LogP contribution in [0.4, 0.5) is 11.5 Å². The lowest BCUT2D eigenvalue weighted by molar-refractivity contribution is 0.265.